The Balaban J connectivity index is 0.000000360. The fourth-order valence-corrected chi connectivity index (χ4v) is 3.46. The monoisotopic (exact) mass is 460 g/mol. The molecule has 0 aromatic carbocycles. The van der Waals surface area contributed by atoms with Crippen LogP contribution in [0.1, 0.15) is 23.4 Å². The molecule has 2 aromatic heterocycles. The molecule has 9 nitrogen and oxygen atoms in total. The van der Waals surface area contributed by atoms with Gasteiger partial charge in [0.15, 0.2) is 11.6 Å². The molecule has 0 radical (unpaired) electrons. The molecular weight excluding hydrogens is 440 g/mol. The van der Waals surface area contributed by atoms with Crippen molar-refractivity contribution in [1.29, 1.82) is 0 Å². The number of carboxylic acid groups (broad SMARTS) is 1. The number of nitrogens with zero attached hydrogens (tertiary/aromatic N) is 4. The van der Waals surface area contributed by atoms with Gasteiger partial charge in [-0.05, 0) is 25.0 Å². The van der Waals surface area contributed by atoms with E-state index in [4.69, 9.17) is 19.1 Å². The van der Waals surface area contributed by atoms with Crippen LogP contribution in [0.25, 0.3) is 0 Å². The van der Waals surface area contributed by atoms with Gasteiger partial charge < -0.3 is 24.1 Å². The lowest BCUT2D eigenvalue weighted by molar-refractivity contribution is -0.192. The van der Waals surface area contributed by atoms with Crippen molar-refractivity contribution in [3.05, 3.63) is 42.4 Å². The van der Waals surface area contributed by atoms with Crippen molar-refractivity contribution in [2.45, 2.75) is 24.6 Å². The van der Waals surface area contributed by atoms with E-state index in [1.165, 1.54) is 18.7 Å². The minimum Gasteiger partial charge on any atom is -0.475 e. The molecule has 174 valence electrons. The number of carbonyl (C=O) groups is 2. The van der Waals surface area contributed by atoms with Gasteiger partial charge in [-0.1, -0.05) is 0 Å². The standard InChI is InChI=1S/C17H19FN4O3.C2HF3O2/c18-13-10-19-16(20-11-13)22-7-9-25-17(12-22)3-5-21(6-4-17)15(23)14-2-1-8-24-14;3-2(4,5)1(6)7/h1-2,8,10-11H,3-7,9,12H2;(H,6,7). The molecule has 2 saturated heterocycles. The Morgan fingerprint density at radius 3 is 2.28 bits per heavy atom. The summed E-state index contributed by atoms with van der Waals surface area (Å²) in [6, 6.07) is 3.39. The summed E-state index contributed by atoms with van der Waals surface area (Å²) in [5.41, 5.74) is -0.323. The molecule has 0 bridgehead atoms. The van der Waals surface area contributed by atoms with E-state index >= 15 is 0 Å². The van der Waals surface area contributed by atoms with Crippen LogP contribution in [-0.2, 0) is 9.53 Å². The molecule has 1 N–H and O–H groups in total. The zero-order valence-corrected chi connectivity index (χ0v) is 16.7. The van der Waals surface area contributed by atoms with E-state index in [1.807, 2.05) is 4.90 Å². The topological polar surface area (TPSA) is 109 Å². The van der Waals surface area contributed by atoms with Crippen molar-refractivity contribution in [3.8, 4) is 0 Å². The third-order valence-electron chi connectivity index (χ3n) is 5.07. The van der Waals surface area contributed by atoms with E-state index in [2.05, 4.69) is 9.97 Å². The maximum Gasteiger partial charge on any atom is 0.490 e. The van der Waals surface area contributed by atoms with Crippen LogP contribution in [0.4, 0.5) is 23.5 Å². The summed E-state index contributed by atoms with van der Waals surface area (Å²) in [7, 11) is 0. The highest BCUT2D eigenvalue weighted by molar-refractivity contribution is 5.91. The Morgan fingerprint density at radius 1 is 1.12 bits per heavy atom. The van der Waals surface area contributed by atoms with Gasteiger partial charge >= 0.3 is 12.1 Å². The summed E-state index contributed by atoms with van der Waals surface area (Å²) in [4.78, 5) is 33.2. The number of amides is 1. The molecule has 0 atom stereocenters. The van der Waals surface area contributed by atoms with Gasteiger partial charge in [0.1, 0.15) is 0 Å². The first-order valence-corrected chi connectivity index (χ1v) is 9.59. The molecule has 2 aromatic rings. The Labute approximate surface area is 179 Å². The third-order valence-corrected chi connectivity index (χ3v) is 5.07. The van der Waals surface area contributed by atoms with Crippen LogP contribution in [-0.4, -0.2) is 76.4 Å². The summed E-state index contributed by atoms with van der Waals surface area (Å²) in [6.07, 6.45) is 0.238. The van der Waals surface area contributed by atoms with Crippen molar-refractivity contribution < 1.29 is 41.4 Å². The average Bonchev–Trinajstić information content (AvgIpc) is 3.29. The largest absolute Gasteiger partial charge is 0.490 e. The lowest BCUT2D eigenvalue weighted by Crippen LogP contribution is -2.58. The van der Waals surface area contributed by atoms with Crippen LogP contribution in [0.2, 0.25) is 0 Å². The van der Waals surface area contributed by atoms with E-state index in [0.29, 0.717) is 44.5 Å². The number of aromatic nitrogens is 2. The number of ether oxygens (including phenoxy) is 1. The van der Waals surface area contributed by atoms with Crippen LogP contribution >= 0.6 is 0 Å². The summed E-state index contributed by atoms with van der Waals surface area (Å²) < 4.78 is 56.0. The van der Waals surface area contributed by atoms with Crippen LogP contribution in [0.15, 0.2) is 35.2 Å². The average molecular weight is 460 g/mol. The fraction of sp³-hybridized carbons (Fsp3) is 0.474. The SMILES string of the molecule is O=C(O)C(F)(F)F.O=C(c1ccco1)N1CCC2(CC1)CN(c1ncc(F)cn1)CCO2. The quantitative estimate of drug-likeness (QED) is 0.681. The van der Waals surface area contributed by atoms with Crippen molar-refractivity contribution in [3.63, 3.8) is 0 Å². The Kier molecular flexibility index (Phi) is 6.96. The first-order valence-electron chi connectivity index (χ1n) is 9.59. The van der Waals surface area contributed by atoms with Gasteiger partial charge in [0.25, 0.3) is 5.91 Å². The minimum absolute atomic E-state index is 0.0885. The van der Waals surface area contributed by atoms with Crippen LogP contribution < -0.4 is 4.90 Å². The molecule has 2 aliphatic heterocycles. The highest BCUT2D eigenvalue weighted by Crippen LogP contribution is 2.31. The van der Waals surface area contributed by atoms with E-state index in [-0.39, 0.29) is 11.5 Å². The van der Waals surface area contributed by atoms with Crippen LogP contribution in [0, 0.1) is 5.82 Å². The zero-order chi connectivity index (χ0) is 23.4. The Hall–Kier alpha value is -3.22. The summed E-state index contributed by atoms with van der Waals surface area (Å²) >= 11 is 0. The number of hydrogen-bond donors (Lipinski definition) is 1. The molecular formula is C19H20F4N4O5. The Morgan fingerprint density at radius 2 is 1.75 bits per heavy atom. The van der Waals surface area contributed by atoms with Gasteiger partial charge in [0, 0.05) is 19.6 Å². The molecule has 2 fully saturated rings. The van der Waals surface area contributed by atoms with Crippen LogP contribution in [0.3, 0.4) is 0 Å². The smallest absolute Gasteiger partial charge is 0.475 e. The lowest BCUT2D eigenvalue weighted by Gasteiger charge is -2.47. The number of hydrogen-bond acceptors (Lipinski definition) is 7. The number of rotatable bonds is 2. The highest BCUT2D eigenvalue weighted by Gasteiger charge is 2.41. The molecule has 0 aliphatic carbocycles. The highest BCUT2D eigenvalue weighted by atomic mass is 19.4. The molecule has 1 spiro atoms. The summed E-state index contributed by atoms with van der Waals surface area (Å²) in [5.74, 6) is -2.42. The molecule has 32 heavy (non-hydrogen) atoms. The predicted octanol–water partition coefficient (Wildman–Crippen LogP) is 2.35. The minimum atomic E-state index is -5.08. The third kappa shape index (κ3) is 5.72. The first-order chi connectivity index (χ1) is 15.1. The second-order valence-electron chi connectivity index (χ2n) is 7.23. The number of morpholine rings is 1. The number of halogens is 4. The van der Waals surface area contributed by atoms with Crippen molar-refractivity contribution in [1.82, 2.24) is 14.9 Å². The first kappa shape index (κ1) is 23.4. The van der Waals surface area contributed by atoms with Crippen LogP contribution in [0.5, 0.6) is 0 Å². The Bertz CT molecular complexity index is 913. The number of carbonyl (C=O) groups excluding carboxylic acids is 1. The molecule has 1 amide bonds. The van der Waals surface area contributed by atoms with Crippen molar-refractivity contribution >= 4 is 17.8 Å². The van der Waals surface area contributed by atoms with Gasteiger partial charge in [0.2, 0.25) is 5.95 Å². The van der Waals surface area contributed by atoms with Gasteiger partial charge in [-0.3, -0.25) is 4.79 Å². The number of furan rings is 1. The predicted molar refractivity (Wildman–Crippen MR) is 100 cm³/mol. The maximum absolute atomic E-state index is 13.0. The normalized spacial score (nSPS) is 18.1. The number of likely N-dealkylation sites (tertiary alicyclic amines) is 1. The number of piperidine rings is 1. The van der Waals surface area contributed by atoms with Gasteiger partial charge in [-0.25, -0.2) is 19.2 Å². The van der Waals surface area contributed by atoms with Gasteiger partial charge in [-0.2, -0.15) is 13.2 Å². The van der Waals surface area contributed by atoms with Crippen molar-refractivity contribution in [2.24, 2.45) is 0 Å². The number of aliphatic carboxylic acids is 1. The number of anilines is 1. The second kappa shape index (κ2) is 9.51. The summed E-state index contributed by atoms with van der Waals surface area (Å²) in [5, 5.41) is 7.12. The molecule has 0 saturated carbocycles. The zero-order valence-electron chi connectivity index (χ0n) is 16.7. The number of alkyl halides is 3. The van der Waals surface area contributed by atoms with Gasteiger partial charge in [0.05, 0.1) is 37.4 Å². The molecule has 2 aliphatic rings. The van der Waals surface area contributed by atoms with Gasteiger partial charge in [-0.15, -0.1) is 0 Å². The lowest BCUT2D eigenvalue weighted by atomic mass is 9.89. The fourth-order valence-electron chi connectivity index (χ4n) is 3.46. The molecule has 0 unspecified atom stereocenters. The van der Waals surface area contributed by atoms with E-state index in [9.17, 15) is 22.4 Å². The number of carboxylic acids is 1. The summed E-state index contributed by atoms with van der Waals surface area (Å²) in [6.45, 7) is 3.09. The molecule has 4 heterocycles. The van der Waals surface area contributed by atoms with E-state index in [0.717, 1.165) is 12.8 Å². The van der Waals surface area contributed by atoms with E-state index in [1.54, 1.807) is 17.0 Å². The van der Waals surface area contributed by atoms with E-state index < -0.39 is 18.0 Å². The maximum atomic E-state index is 13.0. The second-order valence-corrected chi connectivity index (χ2v) is 7.23. The molecule has 4 rings (SSSR count). The van der Waals surface area contributed by atoms with Crippen molar-refractivity contribution in [2.75, 3.05) is 37.7 Å². The molecule has 13 heteroatoms.